The van der Waals surface area contributed by atoms with E-state index in [9.17, 15) is 9.59 Å². The van der Waals surface area contributed by atoms with Crippen LogP contribution >= 0.6 is 23.2 Å². The van der Waals surface area contributed by atoms with Crippen molar-refractivity contribution in [3.8, 4) is 11.3 Å². The Hall–Kier alpha value is -3.62. The molecule has 0 fully saturated rings. The molecule has 2 amide bonds. The average molecular weight is 470 g/mol. The summed E-state index contributed by atoms with van der Waals surface area (Å²) in [5.41, 5.74) is 3.09. The molecule has 0 bridgehead atoms. The minimum absolute atomic E-state index is 0.258. The molecular weight excluding hydrogens is 453 g/mol. The van der Waals surface area contributed by atoms with Crippen LogP contribution in [0.5, 0.6) is 0 Å². The maximum atomic E-state index is 13.1. The Morgan fingerprint density at radius 1 is 1.06 bits per heavy atom. The molecule has 0 spiro atoms. The van der Waals surface area contributed by atoms with E-state index < -0.39 is 6.09 Å². The van der Waals surface area contributed by atoms with Gasteiger partial charge in [-0.15, -0.1) is 0 Å². The summed E-state index contributed by atoms with van der Waals surface area (Å²) in [5, 5.41) is 3.17. The third kappa shape index (κ3) is 4.10. The Balaban J connectivity index is 1.66. The van der Waals surface area contributed by atoms with Gasteiger partial charge in [0.1, 0.15) is 11.5 Å². The van der Waals surface area contributed by atoms with E-state index in [-0.39, 0.29) is 5.91 Å². The number of aromatic nitrogens is 3. The van der Waals surface area contributed by atoms with E-state index in [1.807, 2.05) is 0 Å². The fraction of sp³-hybridized carbons (Fsp3) is 0.0909. The third-order valence-electron chi connectivity index (χ3n) is 4.82. The summed E-state index contributed by atoms with van der Waals surface area (Å²) in [6.45, 7) is 0. The lowest BCUT2D eigenvalue weighted by Crippen LogP contribution is -2.26. The maximum absolute atomic E-state index is 13.1. The highest BCUT2D eigenvalue weighted by molar-refractivity contribution is 6.44. The first-order valence-electron chi connectivity index (χ1n) is 9.39. The number of imidazole rings is 1. The predicted molar refractivity (Wildman–Crippen MR) is 124 cm³/mol. The molecule has 162 valence electrons. The van der Waals surface area contributed by atoms with Crippen LogP contribution < -0.4 is 10.2 Å². The summed E-state index contributed by atoms with van der Waals surface area (Å²) in [6.07, 6.45) is 4.38. The van der Waals surface area contributed by atoms with Crippen LogP contribution in [0.15, 0.2) is 61.1 Å². The van der Waals surface area contributed by atoms with Crippen LogP contribution in [0.2, 0.25) is 10.0 Å². The van der Waals surface area contributed by atoms with Gasteiger partial charge >= 0.3 is 6.09 Å². The highest BCUT2D eigenvalue weighted by Crippen LogP contribution is 2.32. The second-order valence-electron chi connectivity index (χ2n) is 6.78. The monoisotopic (exact) mass is 469 g/mol. The lowest BCUT2D eigenvalue weighted by molar-refractivity contribution is 0.0992. The predicted octanol–water partition coefficient (Wildman–Crippen LogP) is 5.16. The summed E-state index contributed by atoms with van der Waals surface area (Å²) < 4.78 is 6.36. The number of nitrogens with one attached hydrogen (secondary N) is 1. The molecule has 10 heteroatoms. The second-order valence-corrected chi connectivity index (χ2v) is 7.56. The normalized spacial score (nSPS) is 10.8. The van der Waals surface area contributed by atoms with Crippen LogP contribution in [0.3, 0.4) is 0 Å². The maximum Gasteiger partial charge on any atom is 0.412 e. The number of amides is 2. The molecule has 0 aliphatic heterocycles. The Morgan fingerprint density at radius 3 is 2.59 bits per heavy atom. The summed E-state index contributed by atoms with van der Waals surface area (Å²) in [7, 11) is 2.91. The van der Waals surface area contributed by atoms with Crippen molar-refractivity contribution in [2.75, 3.05) is 24.4 Å². The highest BCUT2D eigenvalue weighted by Gasteiger charge is 2.18. The van der Waals surface area contributed by atoms with E-state index in [4.69, 9.17) is 23.2 Å². The lowest BCUT2D eigenvalue weighted by atomic mass is 10.2. The molecule has 0 radical (unpaired) electrons. The van der Waals surface area contributed by atoms with Crippen LogP contribution in [0.1, 0.15) is 10.4 Å². The van der Waals surface area contributed by atoms with Crippen molar-refractivity contribution in [3.63, 3.8) is 0 Å². The molecule has 0 unspecified atom stereocenters. The molecule has 8 nitrogen and oxygen atoms in total. The zero-order valence-corrected chi connectivity index (χ0v) is 18.6. The van der Waals surface area contributed by atoms with Crippen molar-refractivity contribution in [2.24, 2.45) is 0 Å². The van der Waals surface area contributed by atoms with Gasteiger partial charge in [0.2, 0.25) is 0 Å². The zero-order chi connectivity index (χ0) is 22.8. The minimum Gasteiger partial charge on any atom is -0.453 e. The number of carbonyl (C=O) groups excluding carboxylic acids is 2. The molecule has 0 saturated carbocycles. The van der Waals surface area contributed by atoms with Crippen LogP contribution in [-0.2, 0) is 4.74 Å². The zero-order valence-electron chi connectivity index (χ0n) is 17.0. The number of carbonyl (C=O) groups is 2. The van der Waals surface area contributed by atoms with E-state index >= 15 is 0 Å². The lowest BCUT2D eigenvalue weighted by Gasteiger charge is -2.19. The molecule has 0 aliphatic carbocycles. The largest absolute Gasteiger partial charge is 0.453 e. The van der Waals surface area contributed by atoms with Crippen molar-refractivity contribution < 1.29 is 14.3 Å². The van der Waals surface area contributed by atoms with Crippen LogP contribution in [-0.4, -0.2) is 40.5 Å². The first-order chi connectivity index (χ1) is 15.4. The van der Waals surface area contributed by atoms with Crippen molar-refractivity contribution in [2.45, 2.75) is 0 Å². The number of nitrogens with zero attached hydrogens (tertiary/aromatic N) is 4. The van der Waals surface area contributed by atoms with E-state index in [2.05, 4.69) is 20.0 Å². The van der Waals surface area contributed by atoms with Crippen LogP contribution in [0, 0.1) is 0 Å². The first-order valence-corrected chi connectivity index (χ1v) is 10.1. The van der Waals surface area contributed by atoms with Gasteiger partial charge in [-0.3, -0.25) is 14.5 Å². The van der Waals surface area contributed by atoms with E-state index in [0.29, 0.717) is 32.8 Å². The number of ether oxygens (including phenoxy) is 1. The van der Waals surface area contributed by atoms with Crippen LogP contribution in [0.25, 0.3) is 16.9 Å². The number of methoxy groups -OCH3 is 1. The standard InChI is InChI=1S/C22H17Cl2N5O3/c1-28(16-5-3-4-15(23)20(16)24)21(30)14-7-9-19-26-11-17(29(19)12-14)13-6-8-18(25-10-13)27-22(31)32-2/h3-12H,1-2H3,(H,25,27,31). The fourth-order valence-corrected chi connectivity index (χ4v) is 3.57. The molecule has 4 rings (SSSR count). The number of anilines is 2. The summed E-state index contributed by atoms with van der Waals surface area (Å²) in [6, 6.07) is 12.0. The number of pyridine rings is 2. The number of hydrogen-bond acceptors (Lipinski definition) is 5. The molecule has 4 aromatic rings. The quantitative estimate of drug-likeness (QED) is 0.445. The summed E-state index contributed by atoms with van der Waals surface area (Å²) >= 11 is 12.4. The number of hydrogen-bond donors (Lipinski definition) is 1. The fourth-order valence-electron chi connectivity index (χ4n) is 3.15. The minimum atomic E-state index is -0.605. The molecule has 3 aromatic heterocycles. The molecule has 0 atom stereocenters. The SMILES string of the molecule is COC(=O)Nc1ccc(-c2cnc3ccc(C(=O)N(C)c4cccc(Cl)c4Cl)cn23)cn1. The number of benzene rings is 1. The van der Waals surface area contributed by atoms with Gasteiger partial charge in [-0.05, 0) is 36.4 Å². The molecule has 32 heavy (non-hydrogen) atoms. The summed E-state index contributed by atoms with van der Waals surface area (Å²) in [5.74, 6) is 0.0942. The van der Waals surface area contributed by atoms with Gasteiger partial charge in [0.25, 0.3) is 5.91 Å². The third-order valence-corrected chi connectivity index (χ3v) is 5.63. The van der Waals surface area contributed by atoms with Gasteiger partial charge < -0.3 is 9.64 Å². The smallest absolute Gasteiger partial charge is 0.412 e. The Bertz CT molecular complexity index is 1320. The summed E-state index contributed by atoms with van der Waals surface area (Å²) in [4.78, 5) is 34.5. The molecular formula is C22H17Cl2N5O3. The number of fused-ring (bicyclic) bond motifs is 1. The number of rotatable bonds is 4. The van der Waals surface area contributed by atoms with E-state index in [1.165, 1.54) is 12.0 Å². The van der Waals surface area contributed by atoms with Gasteiger partial charge in [-0.1, -0.05) is 29.3 Å². The Kier molecular flexibility index (Phi) is 5.98. The second kappa shape index (κ2) is 8.86. The molecule has 0 aliphatic rings. The van der Waals surface area contributed by atoms with Crippen molar-refractivity contribution in [1.29, 1.82) is 0 Å². The molecule has 1 aromatic carbocycles. The van der Waals surface area contributed by atoms with Gasteiger partial charge in [-0.25, -0.2) is 14.8 Å². The van der Waals surface area contributed by atoms with Crippen molar-refractivity contribution in [1.82, 2.24) is 14.4 Å². The van der Waals surface area contributed by atoms with Gasteiger partial charge in [0, 0.05) is 25.0 Å². The Labute approximate surface area is 193 Å². The van der Waals surface area contributed by atoms with Gasteiger partial charge in [-0.2, -0.15) is 0 Å². The van der Waals surface area contributed by atoms with E-state index in [0.717, 1.165) is 11.3 Å². The molecule has 3 heterocycles. The van der Waals surface area contributed by atoms with Gasteiger partial charge in [0.05, 0.1) is 40.3 Å². The topological polar surface area (TPSA) is 88.8 Å². The van der Waals surface area contributed by atoms with Crippen molar-refractivity contribution in [3.05, 3.63) is 76.7 Å². The van der Waals surface area contributed by atoms with Crippen LogP contribution in [0.4, 0.5) is 16.3 Å². The number of halogens is 2. The molecule has 0 saturated heterocycles. The van der Waals surface area contributed by atoms with Crippen molar-refractivity contribution >= 4 is 52.4 Å². The Morgan fingerprint density at radius 2 is 1.88 bits per heavy atom. The van der Waals surface area contributed by atoms with E-state index in [1.54, 1.807) is 72.5 Å². The highest BCUT2D eigenvalue weighted by atomic mass is 35.5. The first kappa shape index (κ1) is 21.6. The molecule has 1 N–H and O–H groups in total. The van der Waals surface area contributed by atoms with Gasteiger partial charge in [0.15, 0.2) is 0 Å². The average Bonchev–Trinajstić information content (AvgIpc) is 3.23.